The van der Waals surface area contributed by atoms with Crippen LogP contribution in [-0.4, -0.2) is 11.5 Å². The lowest BCUT2D eigenvalue weighted by Crippen LogP contribution is -2.12. The van der Waals surface area contributed by atoms with Gasteiger partial charge >= 0.3 is 0 Å². The quantitative estimate of drug-likeness (QED) is 0.898. The van der Waals surface area contributed by atoms with Crippen LogP contribution in [0.3, 0.4) is 0 Å². The Morgan fingerprint density at radius 3 is 2.84 bits per heavy atom. The molecule has 100 valence electrons. The maximum atomic E-state index is 5.92. The van der Waals surface area contributed by atoms with E-state index in [4.69, 9.17) is 16.3 Å². The zero-order valence-electron chi connectivity index (χ0n) is 11.1. The van der Waals surface area contributed by atoms with Crippen LogP contribution in [0.1, 0.15) is 18.2 Å². The fourth-order valence-corrected chi connectivity index (χ4v) is 1.93. The van der Waals surface area contributed by atoms with Crippen LogP contribution in [-0.2, 0) is 6.54 Å². The van der Waals surface area contributed by atoms with Gasteiger partial charge < -0.3 is 10.1 Å². The number of nitrogens with one attached hydrogen (secondary N) is 1. The van der Waals surface area contributed by atoms with E-state index in [1.54, 1.807) is 0 Å². The number of nitrogens with zero attached hydrogens (tertiary/aromatic N) is 1. The van der Waals surface area contributed by atoms with Gasteiger partial charge in [0.15, 0.2) is 0 Å². The molecule has 0 saturated heterocycles. The molecule has 4 heteroatoms. The third-order valence-corrected chi connectivity index (χ3v) is 2.92. The van der Waals surface area contributed by atoms with Gasteiger partial charge in [-0.3, -0.25) is 0 Å². The van der Waals surface area contributed by atoms with Crippen LogP contribution in [0.5, 0.6) is 11.6 Å². The molecule has 0 aliphatic rings. The third kappa shape index (κ3) is 3.94. The Kier molecular flexibility index (Phi) is 4.77. The van der Waals surface area contributed by atoms with Crippen LogP contribution >= 0.6 is 11.6 Å². The summed E-state index contributed by atoms with van der Waals surface area (Å²) in [6.07, 6.45) is 0. The van der Waals surface area contributed by atoms with E-state index in [9.17, 15) is 0 Å². The first-order valence-corrected chi connectivity index (χ1v) is 6.67. The van der Waals surface area contributed by atoms with Crippen molar-refractivity contribution in [2.24, 2.45) is 0 Å². The lowest BCUT2D eigenvalue weighted by Gasteiger charge is -2.09. The highest BCUT2D eigenvalue weighted by atomic mass is 35.5. The molecule has 0 radical (unpaired) electrons. The lowest BCUT2D eigenvalue weighted by molar-refractivity contribution is 0.456. The molecule has 0 bridgehead atoms. The van der Waals surface area contributed by atoms with E-state index in [0.717, 1.165) is 30.1 Å². The molecule has 0 atom stereocenters. The van der Waals surface area contributed by atoms with E-state index >= 15 is 0 Å². The van der Waals surface area contributed by atoms with E-state index in [0.29, 0.717) is 10.9 Å². The van der Waals surface area contributed by atoms with E-state index in [1.807, 2.05) is 43.3 Å². The molecule has 0 saturated carbocycles. The predicted molar refractivity (Wildman–Crippen MR) is 77.9 cm³/mol. The molecule has 0 aliphatic heterocycles. The molecule has 2 aromatic rings. The summed E-state index contributed by atoms with van der Waals surface area (Å²) >= 11 is 5.92. The standard InChI is InChI=1S/C15H17ClN2O/c1-3-17-10-13-5-4-6-15(18-13)19-14-8-7-12(16)9-11(14)2/h4-9,17H,3,10H2,1-2H3. The van der Waals surface area contributed by atoms with Crippen LogP contribution in [0.25, 0.3) is 0 Å². The number of hydrogen-bond acceptors (Lipinski definition) is 3. The van der Waals surface area contributed by atoms with E-state index in [1.165, 1.54) is 0 Å². The van der Waals surface area contributed by atoms with Crippen molar-refractivity contribution in [2.45, 2.75) is 20.4 Å². The molecular weight excluding hydrogens is 260 g/mol. The van der Waals surface area contributed by atoms with Crippen molar-refractivity contribution in [3.63, 3.8) is 0 Å². The first-order chi connectivity index (χ1) is 9.19. The highest BCUT2D eigenvalue weighted by Gasteiger charge is 2.04. The number of ether oxygens (including phenoxy) is 1. The lowest BCUT2D eigenvalue weighted by atomic mass is 10.2. The van der Waals surface area contributed by atoms with Crippen LogP contribution in [0, 0.1) is 6.92 Å². The third-order valence-electron chi connectivity index (χ3n) is 2.69. The number of hydrogen-bond donors (Lipinski definition) is 1. The number of halogens is 1. The summed E-state index contributed by atoms with van der Waals surface area (Å²) < 4.78 is 5.79. The Labute approximate surface area is 118 Å². The molecule has 1 N–H and O–H groups in total. The normalized spacial score (nSPS) is 10.5. The first-order valence-electron chi connectivity index (χ1n) is 6.29. The zero-order chi connectivity index (χ0) is 13.7. The Morgan fingerprint density at radius 2 is 2.11 bits per heavy atom. The molecule has 0 amide bonds. The van der Waals surface area contributed by atoms with Crippen molar-refractivity contribution in [3.05, 3.63) is 52.7 Å². The van der Waals surface area contributed by atoms with Gasteiger partial charge in [0.1, 0.15) is 5.75 Å². The summed E-state index contributed by atoms with van der Waals surface area (Å²) in [5, 5.41) is 3.95. The monoisotopic (exact) mass is 276 g/mol. The van der Waals surface area contributed by atoms with Crippen LogP contribution in [0.2, 0.25) is 5.02 Å². The fraction of sp³-hybridized carbons (Fsp3) is 0.267. The minimum atomic E-state index is 0.598. The maximum absolute atomic E-state index is 5.92. The van der Waals surface area contributed by atoms with Gasteiger partial charge in [0.25, 0.3) is 0 Å². The summed E-state index contributed by atoms with van der Waals surface area (Å²) in [7, 11) is 0. The Balaban J connectivity index is 2.14. The molecule has 1 aromatic heterocycles. The van der Waals surface area contributed by atoms with Crippen LogP contribution < -0.4 is 10.1 Å². The number of benzene rings is 1. The van der Waals surface area contributed by atoms with Gasteiger partial charge in [-0.25, -0.2) is 4.98 Å². The summed E-state index contributed by atoms with van der Waals surface area (Å²) in [4.78, 5) is 4.45. The van der Waals surface area contributed by atoms with Gasteiger partial charge in [-0.2, -0.15) is 0 Å². The van der Waals surface area contributed by atoms with E-state index in [2.05, 4.69) is 17.2 Å². The van der Waals surface area contributed by atoms with Crippen molar-refractivity contribution in [3.8, 4) is 11.6 Å². The van der Waals surface area contributed by atoms with Gasteiger partial charge in [-0.15, -0.1) is 0 Å². The summed E-state index contributed by atoms with van der Waals surface area (Å²) in [6.45, 7) is 5.69. The molecule has 2 rings (SSSR count). The SMILES string of the molecule is CCNCc1cccc(Oc2ccc(Cl)cc2C)n1. The molecular formula is C15H17ClN2O. The van der Waals surface area contributed by atoms with Gasteiger partial charge in [0.2, 0.25) is 5.88 Å². The van der Waals surface area contributed by atoms with Crippen molar-refractivity contribution in [1.29, 1.82) is 0 Å². The molecule has 0 fully saturated rings. The van der Waals surface area contributed by atoms with Crippen molar-refractivity contribution < 1.29 is 4.74 Å². The number of aryl methyl sites for hydroxylation is 1. The van der Waals surface area contributed by atoms with Crippen molar-refractivity contribution in [1.82, 2.24) is 10.3 Å². The largest absolute Gasteiger partial charge is 0.439 e. The average molecular weight is 277 g/mol. The second kappa shape index (κ2) is 6.55. The van der Waals surface area contributed by atoms with E-state index < -0.39 is 0 Å². The fourth-order valence-electron chi connectivity index (χ4n) is 1.71. The molecule has 3 nitrogen and oxygen atoms in total. The van der Waals surface area contributed by atoms with Crippen molar-refractivity contribution >= 4 is 11.6 Å². The Hall–Kier alpha value is -1.58. The smallest absolute Gasteiger partial charge is 0.219 e. The van der Waals surface area contributed by atoms with Crippen molar-refractivity contribution in [2.75, 3.05) is 6.54 Å². The van der Waals surface area contributed by atoms with Gasteiger partial charge in [-0.05, 0) is 43.3 Å². The minimum Gasteiger partial charge on any atom is -0.439 e. The van der Waals surface area contributed by atoms with Gasteiger partial charge in [0.05, 0.1) is 5.69 Å². The topological polar surface area (TPSA) is 34.1 Å². The minimum absolute atomic E-state index is 0.598. The number of rotatable bonds is 5. The maximum Gasteiger partial charge on any atom is 0.219 e. The van der Waals surface area contributed by atoms with Gasteiger partial charge in [0, 0.05) is 17.6 Å². The average Bonchev–Trinajstić information content (AvgIpc) is 2.40. The Morgan fingerprint density at radius 1 is 1.26 bits per heavy atom. The molecule has 19 heavy (non-hydrogen) atoms. The summed E-state index contributed by atoms with van der Waals surface area (Å²) in [6, 6.07) is 11.3. The molecule has 1 heterocycles. The summed E-state index contributed by atoms with van der Waals surface area (Å²) in [5.74, 6) is 1.37. The second-order valence-electron chi connectivity index (χ2n) is 4.26. The first kappa shape index (κ1) is 13.8. The van der Waals surface area contributed by atoms with E-state index in [-0.39, 0.29) is 0 Å². The molecule has 1 aromatic carbocycles. The zero-order valence-corrected chi connectivity index (χ0v) is 11.9. The summed E-state index contributed by atoms with van der Waals surface area (Å²) in [5.41, 5.74) is 1.96. The molecule has 0 aliphatic carbocycles. The number of pyridine rings is 1. The van der Waals surface area contributed by atoms with Crippen LogP contribution in [0.15, 0.2) is 36.4 Å². The molecule has 0 spiro atoms. The highest BCUT2D eigenvalue weighted by molar-refractivity contribution is 6.30. The van der Waals surface area contributed by atoms with Crippen LogP contribution in [0.4, 0.5) is 0 Å². The predicted octanol–water partition coefficient (Wildman–Crippen LogP) is 3.95. The highest BCUT2D eigenvalue weighted by Crippen LogP contribution is 2.26. The Bertz CT molecular complexity index is 558. The molecule has 0 unspecified atom stereocenters. The van der Waals surface area contributed by atoms with Gasteiger partial charge in [-0.1, -0.05) is 24.6 Å². The second-order valence-corrected chi connectivity index (χ2v) is 4.70. The number of aromatic nitrogens is 1.